The molecular formula is C12H12Cl2O2. The van der Waals surface area contributed by atoms with E-state index in [0.717, 1.165) is 0 Å². The Kier molecular flexibility index (Phi) is 4.51. The van der Waals surface area contributed by atoms with Crippen molar-refractivity contribution in [1.29, 1.82) is 0 Å². The first-order valence-corrected chi connectivity index (χ1v) is 5.70. The fourth-order valence-electron chi connectivity index (χ4n) is 1.26. The summed E-state index contributed by atoms with van der Waals surface area (Å²) in [5.41, 5.74) is 0.292. The average molecular weight is 259 g/mol. The SMILES string of the molecule is CC(C)CC(=O)C(=O)c1ccc(Cl)c(Cl)c1. The zero-order chi connectivity index (χ0) is 12.3. The molecule has 0 atom stereocenters. The first-order chi connectivity index (χ1) is 7.41. The molecule has 0 saturated carbocycles. The minimum absolute atomic E-state index is 0.166. The van der Waals surface area contributed by atoms with Crippen LogP contribution in [0.2, 0.25) is 10.0 Å². The van der Waals surface area contributed by atoms with Gasteiger partial charge in [0.05, 0.1) is 10.0 Å². The summed E-state index contributed by atoms with van der Waals surface area (Å²) in [5.74, 6) is -0.736. The van der Waals surface area contributed by atoms with Gasteiger partial charge in [-0.1, -0.05) is 37.0 Å². The predicted molar refractivity (Wildman–Crippen MR) is 65.3 cm³/mol. The van der Waals surface area contributed by atoms with Gasteiger partial charge in [0, 0.05) is 12.0 Å². The monoisotopic (exact) mass is 258 g/mol. The molecule has 0 unspecified atom stereocenters. The van der Waals surface area contributed by atoms with E-state index >= 15 is 0 Å². The van der Waals surface area contributed by atoms with Crippen LogP contribution in [0.15, 0.2) is 18.2 Å². The summed E-state index contributed by atoms with van der Waals surface area (Å²) in [6, 6.07) is 4.44. The minimum Gasteiger partial charge on any atom is -0.290 e. The predicted octanol–water partition coefficient (Wildman–Crippen LogP) is 3.79. The number of carbonyl (C=O) groups is 2. The third-order valence-electron chi connectivity index (χ3n) is 2.03. The second kappa shape index (κ2) is 5.46. The van der Waals surface area contributed by atoms with Gasteiger partial charge in [0.25, 0.3) is 0 Å². The van der Waals surface area contributed by atoms with Crippen molar-refractivity contribution < 1.29 is 9.59 Å². The Labute approximate surface area is 105 Å². The van der Waals surface area contributed by atoms with Crippen LogP contribution in [-0.2, 0) is 4.79 Å². The molecular weight excluding hydrogens is 247 g/mol. The van der Waals surface area contributed by atoms with Crippen LogP contribution in [-0.4, -0.2) is 11.6 Å². The van der Waals surface area contributed by atoms with E-state index in [1.807, 2.05) is 13.8 Å². The fourth-order valence-corrected chi connectivity index (χ4v) is 1.56. The molecule has 0 N–H and O–H groups in total. The van der Waals surface area contributed by atoms with E-state index in [1.165, 1.54) is 18.2 Å². The number of halogens is 2. The normalized spacial score (nSPS) is 10.6. The third kappa shape index (κ3) is 3.32. The van der Waals surface area contributed by atoms with E-state index in [4.69, 9.17) is 23.2 Å². The topological polar surface area (TPSA) is 34.1 Å². The molecule has 0 aliphatic rings. The molecule has 0 spiro atoms. The van der Waals surface area contributed by atoms with Crippen molar-refractivity contribution in [2.45, 2.75) is 20.3 Å². The molecule has 0 heterocycles. The summed E-state index contributed by atoms with van der Waals surface area (Å²) in [4.78, 5) is 23.2. The van der Waals surface area contributed by atoms with E-state index in [2.05, 4.69) is 0 Å². The van der Waals surface area contributed by atoms with Crippen molar-refractivity contribution in [2.75, 3.05) is 0 Å². The lowest BCUT2D eigenvalue weighted by Gasteiger charge is -2.04. The van der Waals surface area contributed by atoms with Gasteiger partial charge in [0.1, 0.15) is 0 Å². The average Bonchev–Trinajstić information content (AvgIpc) is 2.20. The maximum atomic E-state index is 11.7. The lowest BCUT2D eigenvalue weighted by atomic mass is 10.00. The first kappa shape index (κ1) is 13.2. The van der Waals surface area contributed by atoms with Gasteiger partial charge in [0.2, 0.25) is 11.6 Å². The van der Waals surface area contributed by atoms with Crippen molar-refractivity contribution in [3.8, 4) is 0 Å². The number of rotatable bonds is 4. The molecule has 0 saturated heterocycles. The van der Waals surface area contributed by atoms with Crippen molar-refractivity contribution in [2.24, 2.45) is 5.92 Å². The molecule has 0 aromatic heterocycles. The summed E-state index contributed by atoms with van der Waals surface area (Å²) >= 11 is 11.5. The lowest BCUT2D eigenvalue weighted by molar-refractivity contribution is -0.115. The number of hydrogen-bond donors (Lipinski definition) is 0. The maximum Gasteiger partial charge on any atom is 0.228 e. The van der Waals surface area contributed by atoms with Crippen LogP contribution in [0.5, 0.6) is 0 Å². The number of carbonyl (C=O) groups excluding carboxylic acids is 2. The van der Waals surface area contributed by atoms with Crippen LogP contribution < -0.4 is 0 Å². The van der Waals surface area contributed by atoms with Crippen LogP contribution >= 0.6 is 23.2 Å². The largest absolute Gasteiger partial charge is 0.290 e. The minimum atomic E-state index is -0.507. The molecule has 1 aromatic rings. The van der Waals surface area contributed by atoms with E-state index in [-0.39, 0.29) is 17.4 Å². The highest BCUT2D eigenvalue weighted by atomic mass is 35.5. The second-order valence-corrected chi connectivity index (χ2v) is 4.79. The number of hydrogen-bond acceptors (Lipinski definition) is 2. The highest BCUT2D eigenvalue weighted by Gasteiger charge is 2.17. The molecule has 1 aromatic carbocycles. The standard InChI is InChI=1S/C12H12Cl2O2/c1-7(2)5-11(15)12(16)8-3-4-9(13)10(14)6-8/h3-4,6-7H,5H2,1-2H3. The van der Waals surface area contributed by atoms with Gasteiger partial charge < -0.3 is 0 Å². The molecule has 0 aliphatic heterocycles. The molecule has 2 nitrogen and oxygen atoms in total. The third-order valence-corrected chi connectivity index (χ3v) is 2.77. The Balaban J connectivity index is 2.88. The van der Waals surface area contributed by atoms with Crippen LogP contribution in [0.1, 0.15) is 30.6 Å². The smallest absolute Gasteiger partial charge is 0.228 e. The Morgan fingerprint density at radius 2 is 1.81 bits per heavy atom. The Morgan fingerprint density at radius 3 is 2.31 bits per heavy atom. The van der Waals surface area contributed by atoms with Crippen molar-refractivity contribution >= 4 is 34.8 Å². The summed E-state index contributed by atoms with van der Waals surface area (Å²) in [6.07, 6.45) is 0.249. The van der Waals surface area contributed by atoms with Crippen LogP contribution in [0.3, 0.4) is 0 Å². The van der Waals surface area contributed by atoms with E-state index < -0.39 is 11.6 Å². The van der Waals surface area contributed by atoms with Gasteiger partial charge in [0.15, 0.2) is 0 Å². The number of Topliss-reactive ketones (excluding diaryl/α,β-unsaturated/α-hetero) is 2. The second-order valence-electron chi connectivity index (χ2n) is 3.98. The molecule has 86 valence electrons. The van der Waals surface area contributed by atoms with Gasteiger partial charge in [-0.25, -0.2) is 0 Å². The van der Waals surface area contributed by atoms with Crippen LogP contribution in [0.25, 0.3) is 0 Å². The summed E-state index contributed by atoms with van der Waals surface area (Å²) in [7, 11) is 0. The van der Waals surface area contributed by atoms with E-state index in [1.54, 1.807) is 0 Å². The highest BCUT2D eigenvalue weighted by molar-refractivity contribution is 6.45. The molecule has 4 heteroatoms. The maximum absolute atomic E-state index is 11.7. The highest BCUT2D eigenvalue weighted by Crippen LogP contribution is 2.23. The Bertz CT molecular complexity index is 425. The van der Waals surface area contributed by atoms with Gasteiger partial charge >= 0.3 is 0 Å². The molecule has 0 aliphatic carbocycles. The van der Waals surface area contributed by atoms with Gasteiger partial charge in [-0.05, 0) is 24.1 Å². The number of benzene rings is 1. The Hall–Kier alpha value is -0.860. The number of ketones is 2. The first-order valence-electron chi connectivity index (χ1n) is 4.94. The van der Waals surface area contributed by atoms with Crippen molar-refractivity contribution in [3.63, 3.8) is 0 Å². The molecule has 0 fully saturated rings. The lowest BCUT2D eigenvalue weighted by Crippen LogP contribution is -2.16. The van der Waals surface area contributed by atoms with Gasteiger partial charge in [-0.3, -0.25) is 9.59 Å². The van der Waals surface area contributed by atoms with Gasteiger partial charge in [-0.2, -0.15) is 0 Å². The summed E-state index contributed by atoms with van der Waals surface area (Å²) in [5, 5.41) is 0.652. The van der Waals surface area contributed by atoms with Crippen LogP contribution in [0, 0.1) is 5.92 Å². The molecule has 0 bridgehead atoms. The van der Waals surface area contributed by atoms with Crippen LogP contribution in [0.4, 0.5) is 0 Å². The zero-order valence-corrected chi connectivity index (χ0v) is 10.6. The zero-order valence-electron chi connectivity index (χ0n) is 9.09. The Morgan fingerprint density at radius 1 is 1.19 bits per heavy atom. The molecule has 16 heavy (non-hydrogen) atoms. The molecule has 1 rings (SSSR count). The fraction of sp³-hybridized carbons (Fsp3) is 0.333. The summed E-state index contributed by atoms with van der Waals surface area (Å²) in [6.45, 7) is 3.78. The molecule has 0 amide bonds. The van der Waals surface area contributed by atoms with E-state index in [0.29, 0.717) is 10.6 Å². The van der Waals surface area contributed by atoms with E-state index in [9.17, 15) is 9.59 Å². The van der Waals surface area contributed by atoms with Crippen molar-refractivity contribution in [3.05, 3.63) is 33.8 Å². The quantitative estimate of drug-likeness (QED) is 0.609. The van der Waals surface area contributed by atoms with Crippen molar-refractivity contribution in [1.82, 2.24) is 0 Å². The summed E-state index contributed by atoms with van der Waals surface area (Å²) < 4.78 is 0. The van der Waals surface area contributed by atoms with Gasteiger partial charge in [-0.15, -0.1) is 0 Å². The molecule has 0 radical (unpaired) electrons.